The summed E-state index contributed by atoms with van der Waals surface area (Å²) in [6.07, 6.45) is 3.30. The van der Waals surface area contributed by atoms with Gasteiger partial charge in [-0.05, 0) is 28.1 Å². The highest BCUT2D eigenvalue weighted by atomic mass is 79.9. The molecule has 0 radical (unpaired) electrons. The van der Waals surface area contributed by atoms with Crippen molar-refractivity contribution < 1.29 is 4.74 Å². The Morgan fingerprint density at radius 2 is 1.88 bits per heavy atom. The van der Waals surface area contributed by atoms with Crippen molar-refractivity contribution in [3.05, 3.63) is 46.7 Å². The molecule has 1 aromatic heterocycles. The molecule has 0 bridgehead atoms. The summed E-state index contributed by atoms with van der Waals surface area (Å²) in [5, 5.41) is 0. The van der Waals surface area contributed by atoms with Crippen molar-refractivity contribution in [3.63, 3.8) is 0 Å². The quantitative estimate of drug-likeness (QED) is 0.938. The maximum absolute atomic E-state index is 5.50. The minimum atomic E-state index is 0.309. The van der Waals surface area contributed by atoms with Crippen LogP contribution in [0.1, 0.15) is 5.56 Å². The van der Waals surface area contributed by atoms with Crippen LogP contribution in [0.4, 0.5) is 0 Å². The van der Waals surface area contributed by atoms with E-state index in [0.717, 1.165) is 10.0 Å². The summed E-state index contributed by atoms with van der Waals surface area (Å²) in [5.74, 6) is 0.683. The van der Waals surface area contributed by atoms with Crippen molar-refractivity contribution in [2.24, 2.45) is 5.73 Å². The van der Waals surface area contributed by atoms with E-state index in [9.17, 15) is 0 Å². The second-order valence-corrected chi connectivity index (χ2v) is 3.96. The Morgan fingerprint density at radius 3 is 2.50 bits per heavy atom. The molecule has 0 spiro atoms. The predicted molar refractivity (Wildman–Crippen MR) is 64.1 cm³/mol. The van der Waals surface area contributed by atoms with E-state index >= 15 is 0 Å². The van der Waals surface area contributed by atoms with E-state index < -0.39 is 0 Å². The Kier molecular flexibility index (Phi) is 3.48. The fourth-order valence-electron chi connectivity index (χ4n) is 1.13. The van der Waals surface area contributed by atoms with Crippen LogP contribution < -0.4 is 10.5 Å². The molecule has 1 heterocycles. The molecule has 2 rings (SSSR count). The molecule has 2 N–H and O–H groups in total. The van der Waals surface area contributed by atoms with Gasteiger partial charge in [0.1, 0.15) is 5.75 Å². The van der Waals surface area contributed by atoms with Crippen LogP contribution in [-0.4, -0.2) is 9.97 Å². The van der Waals surface area contributed by atoms with Crippen molar-refractivity contribution >= 4 is 15.9 Å². The van der Waals surface area contributed by atoms with Crippen molar-refractivity contribution in [2.75, 3.05) is 0 Å². The van der Waals surface area contributed by atoms with Gasteiger partial charge in [-0.25, -0.2) is 9.97 Å². The zero-order chi connectivity index (χ0) is 11.4. The lowest BCUT2D eigenvalue weighted by molar-refractivity contribution is 0.438. The number of halogens is 1. The molecular weight excluding hydrogens is 270 g/mol. The summed E-state index contributed by atoms with van der Waals surface area (Å²) >= 11 is 3.38. The van der Waals surface area contributed by atoms with Crippen LogP contribution in [0.25, 0.3) is 0 Å². The van der Waals surface area contributed by atoms with Gasteiger partial charge in [-0.15, -0.1) is 0 Å². The summed E-state index contributed by atoms with van der Waals surface area (Å²) in [5.41, 5.74) is 6.32. The third-order valence-corrected chi connectivity index (χ3v) is 2.61. The Labute approximate surface area is 102 Å². The third kappa shape index (κ3) is 2.56. The summed E-state index contributed by atoms with van der Waals surface area (Å²) in [6.45, 7) is 0.426. The highest BCUT2D eigenvalue weighted by Crippen LogP contribution is 2.26. The molecule has 0 aliphatic heterocycles. The van der Waals surface area contributed by atoms with Crippen molar-refractivity contribution in [2.45, 2.75) is 6.54 Å². The summed E-state index contributed by atoms with van der Waals surface area (Å²) in [7, 11) is 0. The highest BCUT2D eigenvalue weighted by Gasteiger charge is 2.03. The fraction of sp³-hybridized carbons (Fsp3) is 0.0909. The number of rotatable bonds is 3. The Morgan fingerprint density at radius 1 is 1.19 bits per heavy atom. The lowest BCUT2D eigenvalue weighted by Gasteiger charge is -2.05. The molecule has 82 valence electrons. The first-order valence-electron chi connectivity index (χ1n) is 4.73. The zero-order valence-corrected chi connectivity index (χ0v) is 10.0. The second kappa shape index (κ2) is 5.05. The number of nitrogens with two attached hydrogens (primary N) is 1. The molecule has 16 heavy (non-hydrogen) atoms. The Hall–Kier alpha value is -1.46. The van der Waals surface area contributed by atoms with Gasteiger partial charge in [-0.2, -0.15) is 0 Å². The number of benzene rings is 1. The van der Waals surface area contributed by atoms with E-state index in [1.165, 1.54) is 0 Å². The Balaban J connectivity index is 2.18. The summed E-state index contributed by atoms with van der Waals surface area (Å²) in [4.78, 5) is 8.10. The van der Waals surface area contributed by atoms with E-state index in [2.05, 4.69) is 25.9 Å². The van der Waals surface area contributed by atoms with Gasteiger partial charge in [0.25, 0.3) is 0 Å². The number of hydrogen-bond donors (Lipinski definition) is 1. The van der Waals surface area contributed by atoms with Crippen LogP contribution in [0.15, 0.2) is 41.1 Å². The van der Waals surface area contributed by atoms with Crippen LogP contribution in [0.5, 0.6) is 11.8 Å². The SMILES string of the molecule is NCc1cnc(Oc2ccccc2Br)nc1. The molecule has 4 nitrogen and oxygen atoms in total. The van der Waals surface area contributed by atoms with E-state index in [4.69, 9.17) is 10.5 Å². The molecule has 2 aromatic rings. The van der Waals surface area contributed by atoms with Gasteiger partial charge in [0.2, 0.25) is 0 Å². The zero-order valence-electron chi connectivity index (χ0n) is 8.43. The molecule has 0 aliphatic carbocycles. The van der Waals surface area contributed by atoms with Crippen LogP contribution in [0.2, 0.25) is 0 Å². The van der Waals surface area contributed by atoms with E-state index in [-0.39, 0.29) is 0 Å². The molecule has 0 aliphatic rings. The first-order chi connectivity index (χ1) is 7.79. The van der Waals surface area contributed by atoms with Crippen molar-refractivity contribution in [1.82, 2.24) is 9.97 Å². The first-order valence-corrected chi connectivity index (χ1v) is 5.52. The minimum absolute atomic E-state index is 0.309. The standard InChI is InChI=1S/C11H10BrN3O/c12-9-3-1-2-4-10(9)16-11-14-6-8(5-13)7-15-11/h1-4,6-7H,5,13H2. The molecule has 0 atom stereocenters. The van der Waals surface area contributed by atoms with Crippen molar-refractivity contribution in [1.29, 1.82) is 0 Å². The number of aromatic nitrogens is 2. The molecule has 0 amide bonds. The molecule has 5 heteroatoms. The minimum Gasteiger partial charge on any atom is -0.423 e. The smallest absolute Gasteiger partial charge is 0.321 e. The maximum atomic E-state index is 5.50. The average molecular weight is 280 g/mol. The molecule has 1 aromatic carbocycles. The molecular formula is C11H10BrN3O. The maximum Gasteiger partial charge on any atom is 0.321 e. The van der Waals surface area contributed by atoms with Gasteiger partial charge in [0.05, 0.1) is 4.47 Å². The third-order valence-electron chi connectivity index (χ3n) is 1.96. The number of ether oxygens (including phenoxy) is 1. The first kappa shape index (κ1) is 11.0. The molecule has 0 unspecified atom stereocenters. The molecule has 0 saturated carbocycles. The monoisotopic (exact) mass is 279 g/mol. The van der Waals surface area contributed by atoms with Crippen molar-refractivity contribution in [3.8, 4) is 11.8 Å². The van der Waals surface area contributed by atoms with Gasteiger partial charge in [0, 0.05) is 24.5 Å². The Bertz CT molecular complexity index is 473. The van der Waals surface area contributed by atoms with Gasteiger partial charge >= 0.3 is 6.01 Å². The summed E-state index contributed by atoms with van der Waals surface area (Å²) in [6, 6.07) is 7.83. The normalized spacial score (nSPS) is 10.1. The number of hydrogen-bond acceptors (Lipinski definition) is 4. The van der Waals surface area contributed by atoms with Crippen LogP contribution in [-0.2, 0) is 6.54 Å². The van der Waals surface area contributed by atoms with Gasteiger partial charge in [-0.3, -0.25) is 0 Å². The van der Waals surface area contributed by atoms with E-state index in [1.807, 2.05) is 24.3 Å². The number of nitrogens with zero attached hydrogens (tertiary/aromatic N) is 2. The van der Waals surface area contributed by atoms with Crippen LogP contribution in [0.3, 0.4) is 0 Å². The number of para-hydroxylation sites is 1. The predicted octanol–water partition coefficient (Wildman–Crippen LogP) is 2.49. The van der Waals surface area contributed by atoms with E-state index in [0.29, 0.717) is 18.3 Å². The van der Waals surface area contributed by atoms with Gasteiger partial charge in [0.15, 0.2) is 0 Å². The van der Waals surface area contributed by atoms with Gasteiger partial charge in [-0.1, -0.05) is 12.1 Å². The van der Waals surface area contributed by atoms with Gasteiger partial charge < -0.3 is 10.5 Å². The topological polar surface area (TPSA) is 61.0 Å². The molecule has 0 saturated heterocycles. The largest absolute Gasteiger partial charge is 0.423 e. The molecule has 0 fully saturated rings. The fourth-order valence-corrected chi connectivity index (χ4v) is 1.49. The summed E-state index contributed by atoms with van der Waals surface area (Å²) < 4.78 is 6.36. The van der Waals surface area contributed by atoms with E-state index in [1.54, 1.807) is 12.4 Å². The second-order valence-electron chi connectivity index (χ2n) is 3.11. The van der Waals surface area contributed by atoms with Crippen LogP contribution >= 0.6 is 15.9 Å². The van der Waals surface area contributed by atoms with Crippen LogP contribution in [0, 0.1) is 0 Å². The lowest BCUT2D eigenvalue weighted by atomic mass is 10.3. The lowest BCUT2D eigenvalue weighted by Crippen LogP contribution is -1.99. The average Bonchev–Trinajstić information content (AvgIpc) is 2.33. The highest BCUT2D eigenvalue weighted by molar-refractivity contribution is 9.10.